The summed E-state index contributed by atoms with van der Waals surface area (Å²) in [6.45, 7) is 8.99. The maximum absolute atomic E-state index is 12.5. The van der Waals surface area contributed by atoms with E-state index in [0.29, 0.717) is 40.4 Å². The second kappa shape index (κ2) is 9.73. The van der Waals surface area contributed by atoms with Crippen LogP contribution in [-0.4, -0.2) is 29.3 Å². The number of nitrogens with one attached hydrogen (secondary N) is 1. The molecule has 1 amide bonds. The van der Waals surface area contributed by atoms with E-state index in [4.69, 9.17) is 21.1 Å². The summed E-state index contributed by atoms with van der Waals surface area (Å²) in [4.78, 5) is 12.5. The predicted octanol–water partition coefficient (Wildman–Crippen LogP) is 5.14. The first-order valence-corrected chi connectivity index (χ1v) is 9.89. The van der Waals surface area contributed by atoms with Crippen molar-refractivity contribution in [2.24, 2.45) is 0 Å². The number of nitrogens with zero attached hydrogens (tertiary/aromatic N) is 2. The van der Waals surface area contributed by atoms with Gasteiger partial charge in [-0.05, 0) is 25.5 Å². The Morgan fingerprint density at radius 1 is 1.27 bits per heavy atom. The van der Waals surface area contributed by atoms with Crippen molar-refractivity contribution in [2.45, 2.75) is 46.5 Å². The number of carbonyl (C=O) groups is 1. The van der Waals surface area contributed by atoms with E-state index in [1.807, 2.05) is 20.8 Å². The normalized spacial score (nSPS) is 10.8. The lowest BCUT2D eigenvalue weighted by Crippen LogP contribution is -2.12. The van der Waals surface area contributed by atoms with Gasteiger partial charge >= 0.3 is 0 Å². The Labute approximate surface area is 162 Å². The van der Waals surface area contributed by atoms with Crippen LogP contribution in [0.5, 0.6) is 11.5 Å². The van der Waals surface area contributed by atoms with Gasteiger partial charge in [0, 0.05) is 11.5 Å². The minimum Gasteiger partial charge on any atom is -0.490 e. The first kappa shape index (κ1) is 20.5. The lowest BCUT2D eigenvalue weighted by atomic mass is 10.2. The summed E-state index contributed by atoms with van der Waals surface area (Å²) >= 11 is 7.69. The van der Waals surface area contributed by atoms with Crippen LogP contribution in [0.3, 0.4) is 0 Å². The topological polar surface area (TPSA) is 73.3 Å². The molecule has 0 saturated heterocycles. The van der Waals surface area contributed by atoms with Gasteiger partial charge in [-0.25, -0.2) is 0 Å². The van der Waals surface area contributed by atoms with Crippen molar-refractivity contribution in [3.05, 3.63) is 27.7 Å². The van der Waals surface area contributed by atoms with Gasteiger partial charge in [0.25, 0.3) is 5.91 Å². The highest BCUT2D eigenvalue weighted by atomic mass is 35.5. The third-order valence-corrected chi connectivity index (χ3v) is 4.89. The minimum atomic E-state index is -0.320. The molecule has 8 heteroatoms. The van der Waals surface area contributed by atoms with E-state index < -0.39 is 0 Å². The molecular weight excluding hydrogens is 374 g/mol. The van der Waals surface area contributed by atoms with E-state index in [-0.39, 0.29) is 11.8 Å². The number of benzene rings is 1. The second-order valence-electron chi connectivity index (χ2n) is 5.97. The molecule has 2 aromatic rings. The van der Waals surface area contributed by atoms with Crippen molar-refractivity contribution in [2.75, 3.05) is 18.5 Å². The van der Waals surface area contributed by atoms with E-state index >= 15 is 0 Å². The van der Waals surface area contributed by atoms with Crippen LogP contribution in [0.25, 0.3) is 0 Å². The van der Waals surface area contributed by atoms with Gasteiger partial charge in [0.05, 0.1) is 18.2 Å². The summed E-state index contributed by atoms with van der Waals surface area (Å²) in [5, 5.41) is 12.5. The number of hydrogen-bond acceptors (Lipinski definition) is 6. The van der Waals surface area contributed by atoms with Gasteiger partial charge in [-0.2, -0.15) is 0 Å². The van der Waals surface area contributed by atoms with Crippen molar-refractivity contribution in [1.82, 2.24) is 10.2 Å². The van der Waals surface area contributed by atoms with E-state index in [9.17, 15) is 4.79 Å². The van der Waals surface area contributed by atoms with Crippen molar-refractivity contribution in [3.63, 3.8) is 0 Å². The number of halogens is 1. The number of rotatable bonds is 9. The molecule has 0 spiro atoms. The molecule has 1 heterocycles. The summed E-state index contributed by atoms with van der Waals surface area (Å²) in [6, 6.07) is 3.21. The summed E-state index contributed by atoms with van der Waals surface area (Å²) in [5.41, 5.74) is 0.377. The Morgan fingerprint density at radius 3 is 2.65 bits per heavy atom. The molecule has 0 saturated carbocycles. The number of anilines is 1. The summed E-state index contributed by atoms with van der Waals surface area (Å²) < 4.78 is 11.3. The molecule has 0 bridgehead atoms. The molecule has 1 aromatic heterocycles. The van der Waals surface area contributed by atoms with Crippen LogP contribution in [0.15, 0.2) is 12.1 Å². The summed E-state index contributed by atoms with van der Waals surface area (Å²) in [5.74, 6) is 0.869. The van der Waals surface area contributed by atoms with Crippen molar-refractivity contribution in [1.29, 1.82) is 0 Å². The zero-order valence-corrected chi connectivity index (χ0v) is 17.0. The lowest BCUT2D eigenvalue weighted by molar-refractivity contribution is 0.102. The fraction of sp³-hybridized carbons (Fsp3) is 0.500. The smallest absolute Gasteiger partial charge is 0.257 e. The Balaban J connectivity index is 2.20. The number of ether oxygens (including phenoxy) is 2. The fourth-order valence-corrected chi connectivity index (χ4v) is 3.11. The van der Waals surface area contributed by atoms with Crippen LogP contribution >= 0.6 is 22.9 Å². The van der Waals surface area contributed by atoms with Gasteiger partial charge < -0.3 is 9.47 Å². The molecule has 0 aliphatic heterocycles. The quantitative estimate of drug-likeness (QED) is 0.592. The number of amides is 1. The number of aromatic nitrogens is 2. The third kappa shape index (κ3) is 5.32. The largest absolute Gasteiger partial charge is 0.490 e. The SMILES string of the molecule is CCCCOc1c(Cl)cc(C(=O)Nc2nnc(C(C)C)s2)cc1OCC. The van der Waals surface area contributed by atoms with Crippen LogP contribution in [0.1, 0.15) is 61.8 Å². The monoisotopic (exact) mass is 397 g/mol. The highest BCUT2D eigenvalue weighted by Gasteiger charge is 2.18. The van der Waals surface area contributed by atoms with Gasteiger partial charge in [-0.15, -0.1) is 10.2 Å². The molecule has 6 nitrogen and oxygen atoms in total. The van der Waals surface area contributed by atoms with Crippen LogP contribution in [-0.2, 0) is 0 Å². The van der Waals surface area contributed by atoms with Crippen LogP contribution in [0.2, 0.25) is 5.02 Å². The Morgan fingerprint density at radius 2 is 2.04 bits per heavy atom. The molecule has 0 atom stereocenters. The third-order valence-electron chi connectivity index (χ3n) is 3.47. The highest BCUT2D eigenvalue weighted by Crippen LogP contribution is 2.37. The average molecular weight is 398 g/mol. The summed E-state index contributed by atoms with van der Waals surface area (Å²) in [6.07, 6.45) is 1.93. The van der Waals surface area contributed by atoms with Crippen LogP contribution in [0.4, 0.5) is 5.13 Å². The number of hydrogen-bond donors (Lipinski definition) is 1. The molecule has 142 valence electrons. The van der Waals surface area contributed by atoms with Gasteiger partial charge in [0.2, 0.25) is 5.13 Å². The molecule has 0 aliphatic carbocycles. The minimum absolute atomic E-state index is 0.261. The Kier molecular flexibility index (Phi) is 7.66. The number of carbonyl (C=O) groups excluding carboxylic acids is 1. The van der Waals surface area contributed by atoms with Crippen molar-refractivity contribution < 1.29 is 14.3 Å². The Bertz CT molecular complexity index is 749. The molecule has 2 rings (SSSR count). The fourth-order valence-electron chi connectivity index (χ4n) is 2.11. The van der Waals surface area contributed by atoms with Gasteiger partial charge in [-0.3, -0.25) is 10.1 Å². The van der Waals surface area contributed by atoms with Crippen LogP contribution < -0.4 is 14.8 Å². The molecular formula is C18H24ClN3O3S. The summed E-state index contributed by atoms with van der Waals surface area (Å²) in [7, 11) is 0. The average Bonchev–Trinajstić information content (AvgIpc) is 3.06. The predicted molar refractivity (Wildman–Crippen MR) is 105 cm³/mol. The molecule has 0 radical (unpaired) electrons. The molecule has 1 aromatic carbocycles. The standard InChI is InChI=1S/C18H24ClN3O3S/c1-5-7-8-25-15-13(19)9-12(10-14(15)24-6-2)16(23)20-18-22-21-17(26-18)11(3)4/h9-11H,5-8H2,1-4H3,(H,20,22,23). The number of unbranched alkanes of at least 4 members (excludes halogenated alkanes) is 1. The molecule has 0 unspecified atom stereocenters. The zero-order chi connectivity index (χ0) is 19.1. The molecule has 0 fully saturated rings. The van der Waals surface area contributed by atoms with Crippen LogP contribution in [0, 0.1) is 0 Å². The van der Waals surface area contributed by atoms with Crippen molar-refractivity contribution in [3.8, 4) is 11.5 Å². The zero-order valence-electron chi connectivity index (χ0n) is 15.5. The first-order valence-electron chi connectivity index (χ1n) is 8.70. The van der Waals surface area contributed by atoms with E-state index in [2.05, 4.69) is 22.4 Å². The molecule has 1 N–H and O–H groups in total. The lowest BCUT2D eigenvalue weighted by Gasteiger charge is -2.14. The van der Waals surface area contributed by atoms with E-state index in [1.165, 1.54) is 11.3 Å². The second-order valence-corrected chi connectivity index (χ2v) is 7.39. The van der Waals surface area contributed by atoms with Crippen molar-refractivity contribution >= 4 is 34.0 Å². The van der Waals surface area contributed by atoms with Gasteiger partial charge in [0.15, 0.2) is 11.5 Å². The maximum Gasteiger partial charge on any atom is 0.257 e. The van der Waals surface area contributed by atoms with Gasteiger partial charge in [0.1, 0.15) is 5.01 Å². The van der Waals surface area contributed by atoms with E-state index in [1.54, 1.807) is 12.1 Å². The maximum atomic E-state index is 12.5. The molecule has 26 heavy (non-hydrogen) atoms. The van der Waals surface area contributed by atoms with E-state index in [0.717, 1.165) is 17.8 Å². The highest BCUT2D eigenvalue weighted by molar-refractivity contribution is 7.15. The molecule has 0 aliphatic rings. The van der Waals surface area contributed by atoms with Gasteiger partial charge in [-0.1, -0.05) is 50.1 Å². The first-order chi connectivity index (χ1) is 12.5. The Hall–Kier alpha value is -1.86.